The van der Waals surface area contributed by atoms with Crippen LogP contribution in [0.15, 0.2) is 4.79 Å². The minimum absolute atomic E-state index is 0.0345. The van der Waals surface area contributed by atoms with Gasteiger partial charge in [-0.3, -0.25) is 9.59 Å². The maximum absolute atomic E-state index is 12.5. The third kappa shape index (κ3) is 4.12. The number of nitrogens with zero attached hydrogens (tertiary/aromatic N) is 3. The Morgan fingerprint density at radius 1 is 1.29 bits per heavy atom. The predicted octanol–water partition coefficient (Wildman–Crippen LogP) is 2.48. The fraction of sp³-hybridized carbons (Fsp3) is 0.421. The molecule has 0 unspecified atom stereocenters. The van der Waals surface area contributed by atoms with E-state index in [1.807, 2.05) is 19.9 Å². The molecule has 28 heavy (non-hydrogen) atoms. The number of nitrogens with one attached hydrogen (secondary N) is 1. The number of hydrogen-bond acceptors (Lipinski definition) is 7. The molecule has 0 aliphatic heterocycles. The van der Waals surface area contributed by atoms with E-state index >= 15 is 0 Å². The van der Waals surface area contributed by atoms with Gasteiger partial charge in [0, 0.05) is 4.88 Å². The Morgan fingerprint density at radius 2 is 1.96 bits per heavy atom. The minimum atomic E-state index is -0.622. The molecule has 0 saturated carbocycles. The van der Waals surface area contributed by atoms with Crippen molar-refractivity contribution in [2.45, 2.75) is 47.6 Å². The Kier molecular flexibility index (Phi) is 6.70. The standard InChI is InChI=1S/C19H22N4O4S/c1-6-13-12(5)28-17(16(13)19(26)27-7-2)21-15(24)9-23-18(25)14(8-20)10(3)11(4)22-23/h6-7,9H2,1-5H3,(H,21,24). The molecule has 0 radical (unpaired) electrons. The van der Waals surface area contributed by atoms with Crippen LogP contribution in [0.3, 0.4) is 0 Å². The summed E-state index contributed by atoms with van der Waals surface area (Å²) in [6, 6.07) is 1.86. The Morgan fingerprint density at radius 3 is 2.54 bits per heavy atom. The molecule has 2 heterocycles. The molecule has 0 saturated heterocycles. The van der Waals surface area contributed by atoms with Crippen molar-refractivity contribution in [1.82, 2.24) is 9.78 Å². The molecule has 0 aliphatic carbocycles. The number of aryl methyl sites for hydroxylation is 2. The highest BCUT2D eigenvalue weighted by Crippen LogP contribution is 2.34. The Hall–Kier alpha value is -2.99. The highest BCUT2D eigenvalue weighted by Gasteiger charge is 2.24. The molecule has 9 heteroatoms. The smallest absolute Gasteiger partial charge is 0.341 e. The summed E-state index contributed by atoms with van der Waals surface area (Å²) < 4.78 is 6.08. The predicted molar refractivity (Wildman–Crippen MR) is 106 cm³/mol. The van der Waals surface area contributed by atoms with Gasteiger partial charge in [-0.25, -0.2) is 9.48 Å². The number of carbonyl (C=O) groups excluding carboxylic acids is 2. The molecule has 2 aromatic rings. The van der Waals surface area contributed by atoms with E-state index in [1.165, 1.54) is 11.3 Å². The zero-order valence-corrected chi connectivity index (χ0v) is 17.3. The molecule has 1 N–H and O–H groups in total. The van der Waals surface area contributed by atoms with Gasteiger partial charge in [-0.2, -0.15) is 10.4 Å². The van der Waals surface area contributed by atoms with Crippen molar-refractivity contribution in [3.8, 4) is 6.07 Å². The van der Waals surface area contributed by atoms with Gasteiger partial charge in [-0.15, -0.1) is 11.3 Å². The first-order valence-electron chi connectivity index (χ1n) is 8.82. The number of carbonyl (C=O) groups is 2. The van der Waals surface area contributed by atoms with Crippen LogP contribution >= 0.6 is 11.3 Å². The summed E-state index contributed by atoms with van der Waals surface area (Å²) in [6.07, 6.45) is 0.621. The molecule has 0 spiro atoms. The highest BCUT2D eigenvalue weighted by molar-refractivity contribution is 7.16. The first-order chi connectivity index (χ1) is 13.2. The molecule has 8 nitrogen and oxygen atoms in total. The first-order valence-corrected chi connectivity index (χ1v) is 9.64. The Balaban J connectivity index is 2.35. The molecule has 0 atom stereocenters. The third-order valence-electron chi connectivity index (χ3n) is 4.34. The maximum Gasteiger partial charge on any atom is 0.341 e. The monoisotopic (exact) mass is 402 g/mol. The van der Waals surface area contributed by atoms with Crippen LogP contribution in [0, 0.1) is 32.1 Å². The van der Waals surface area contributed by atoms with E-state index in [9.17, 15) is 19.6 Å². The van der Waals surface area contributed by atoms with Crippen LogP contribution < -0.4 is 10.9 Å². The van der Waals surface area contributed by atoms with Crippen LogP contribution in [-0.2, 0) is 22.5 Å². The number of hydrogen-bond donors (Lipinski definition) is 1. The van der Waals surface area contributed by atoms with Crippen LogP contribution in [0.2, 0.25) is 0 Å². The molecule has 0 aromatic carbocycles. The molecule has 2 rings (SSSR count). The number of esters is 1. The van der Waals surface area contributed by atoms with Crippen molar-refractivity contribution < 1.29 is 14.3 Å². The molecule has 0 fully saturated rings. The fourth-order valence-electron chi connectivity index (χ4n) is 2.82. The van der Waals surface area contributed by atoms with Crippen LogP contribution in [0.1, 0.15) is 51.5 Å². The lowest BCUT2D eigenvalue weighted by Crippen LogP contribution is -2.32. The van der Waals surface area contributed by atoms with Crippen LogP contribution in [0.4, 0.5) is 5.00 Å². The summed E-state index contributed by atoms with van der Waals surface area (Å²) >= 11 is 1.28. The van der Waals surface area contributed by atoms with Crippen molar-refractivity contribution in [2.75, 3.05) is 11.9 Å². The minimum Gasteiger partial charge on any atom is -0.462 e. The van der Waals surface area contributed by atoms with Crippen molar-refractivity contribution in [3.05, 3.63) is 43.2 Å². The molecule has 148 valence electrons. The van der Waals surface area contributed by atoms with Gasteiger partial charge >= 0.3 is 5.97 Å². The van der Waals surface area contributed by atoms with Gasteiger partial charge in [0.25, 0.3) is 5.56 Å². The van der Waals surface area contributed by atoms with E-state index in [1.54, 1.807) is 20.8 Å². The molecular weight excluding hydrogens is 380 g/mol. The summed E-state index contributed by atoms with van der Waals surface area (Å²) in [4.78, 5) is 38.1. The normalized spacial score (nSPS) is 10.4. The second-order valence-electron chi connectivity index (χ2n) is 6.12. The quantitative estimate of drug-likeness (QED) is 0.743. The van der Waals surface area contributed by atoms with E-state index in [2.05, 4.69) is 10.4 Å². The van der Waals surface area contributed by atoms with E-state index in [0.717, 1.165) is 15.1 Å². The van der Waals surface area contributed by atoms with E-state index in [4.69, 9.17) is 4.74 Å². The highest BCUT2D eigenvalue weighted by atomic mass is 32.1. The van der Waals surface area contributed by atoms with Crippen molar-refractivity contribution in [2.24, 2.45) is 0 Å². The zero-order chi connectivity index (χ0) is 21.0. The number of nitriles is 1. The van der Waals surface area contributed by atoms with Gasteiger partial charge in [-0.1, -0.05) is 6.92 Å². The molecule has 2 aromatic heterocycles. The van der Waals surface area contributed by atoms with Gasteiger partial charge in [-0.05, 0) is 45.2 Å². The third-order valence-corrected chi connectivity index (χ3v) is 5.40. The van der Waals surface area contributed by atoms with E-state index in [-0.39, 0.29) is 18.7 Å². The Bertz CT molecular complexity index is 1030. The molecule has 1 amide bonds. The number of aromatic nitrogens is 2. The lowest BCUT2D eigenvalue weighted by molar-refractivity contribution is -0.117. The van der Waals surface area contributed by atoms with Gasteiger partial charge in [0.1, 0.15) is 23.2 Å². The van der Waals surface area contributed by atoms with Crippen LogP contribution in [-0.4, -0.2) is 28.3 Å². The van der Waals surface area contributed by atoms with Gasteiger partial charge in [0.05, 0.1) is 17.9 Å². The first kappa shape index (κ1) is 21.3. The summed E-state index contributed by atoms with van der Waals surface area (Å²) in [6.45, 7) is 8.67. The van der Waals surface area contributed by atoms with Crippen molar-refractivity contribution in [1.29, 1.82) is 5.26 Å². The largest absolute Gasteiger partial charge is 0.462 e. The second-order valence-corrected chi connectivity index (χ2v) is 7.35. The average molecular weight is 402 g/mol. The number of thiophene rings is 1. The SMILES string of the molecule is CCOC(=O)c1c(NC(=O)Cn2nc(C)c(C)c(C#N)c2=O)sc(C)c1CC. The summed E-state index contributed by atoms with van der Waals surface area (Å²) in [5.41, 5.74) is 1.51. The molecule has 0 aliphatic rings. The zero-order valence-electron chi connectivity index (χ0n) is 16.5. The summed E-state index contributed by atoms with van der Waals surface area (Å²) in [5, 5.41) is 16.4. The van der Waals surface area contributed by atoms with Gasteiger partial charge < -0.3 is 10.1 Å². The number of ether oxygens (including phenoxy) is 1. The lowest BCUT2D eigenvalue weighted by atomic mass is 10.1. The van der Waals surface area contributed by atoms with Crippen LogP contribution in [0.25, 0.3) is 0 Å². The molecular formula is C19H22N4O4S. The van der Waals surface area contributed by atoms with Crippen LogP contribution in [0.5, 0.6) is 0 Å². The lowest BCUT2D eigenvalue weighted by Gasteiger charge is -2.10. The molecule has 0 bridgehead atoms. The maximum atomic E-state index is 12.5. The van der Waals surface area contributed by atoms with Crippen molar-refractivity contribution >= 4 is 28.2 Å². The van der Waals surface area contributed by atoms with E-state index in [0.29, 0.717) is 28.2 Å². The van der Waals surface area contributed by atoms with Gasteiger partial charge in [0.15, 0.2) is 0 Å². The fourth-order valence-corrected chi connectivity index (χ4v) is 3.97. The van der Waals surface area contributed by atoms with Crippen molar-refractivity contribution in [3.63, 3.8) is 0 Å². The Labute approximate surface area is 166 Å². The number of anilines is 1. The topological polar surface area (TPSA) is 114 Å². The average Bonchev–Trinajstić information content (AvgIpc) is 2.95. The number of amides is 1. The van der Waals surface area contributed by atoms with E-state index < -0.39 is 17.4 Å². The second kappa shape index (κ2) is 8.80. The van der Waals surface area contributed by atoms with Gasteiger partial charge in [0.2, 0.25) is 5.91 Å². The summed E-state index contributed by atoms with van der Waals surface area (Å²) in [5.74, 6) is -1.01. The summed E-state index contributed by atoms with van der Waals surface area (Å²) in [7, 11) is 0. The number of rotatable bonds is 6.